The van der Waals surface area contributed by atoms with Crippen molar-refractivity contribution in [1.82, 2.24) is 10.2 Å². The third kappa shape index (κ3) is 5.33. The molecule has 1 N–H and O–H groups in total. The monoisotopic (exact) mass is 244 g/mol. The predicted octanol–water partition coefficient (Wildman–Crippen LogP) is -0.221. The van der Waals surface area contributed by atoms with Gasteiger partial charge in [-0.15, -0.1) is 0 Å². The maximum absolute atomic E-state index is 11.6. The smallest absolute Gasteiger partial charge is 0.328 e. The summed E-state index contributed by atoms with van der Waals surface area (Å²) in [6.07, 6.45) is 0. The van der Waals surface area contributed by atoms with Crippen LogP contribution < -0.4 is 5.32 Å². The van der Waals surface area contributed by atoms with Crippen molar-refractivity contribution in [2.75, 3.05) is 20.7 Å². The minimum Gasteiger partial charge on any atom is -0.467 e. The van der Waals surface area contributed by atoms with Gasteiger partial charge < -0.3 is 15.0 Å². The van der Waals surface area contributed by atoms with Crippen molar-refractivity contribution in [3.05, 3.63) is 0 Å². The highest BCUT2D eigenvalue weighted by molar-refractivity contribution is 5.87. The van der Waals surface area contributed by atoms with Gasteiger partial charge in [-0.3, -0.25) is 9.59 Å². The van der Waals surface area contributed by atoms with E-state index in [4.69, 9.17) is 0 Å². The van der Waals surface area contributed by atoms with Crippen LogP contribution in [0.25, 0.3) is 0 Å². The number of amides is 2. The number of nitrogens with zero attached hydrogens (tertiary/aromatic N) is 1. The lowest BCUT2D eigenvalue weighted by Crippen LogP contribution is -2.48. The van der Waals surface area contributed by atoms with E-state index in [9.17, 15) is 14.4 Å². The molecule has 1 atom stereocenters. The average Bonchev–Trinajstić information content (AvgIpc) is 2.24. The van der Waals surface area contributed by atoms with Gasteiger partial charge in [-0.25, -0.2) is 4.79 Å². The number of hydrogen-bond acceptors (Lipinski definition) is 4. The van der Waals surface area contributed by atoms with Crippen molar-refractivity contribution in [2.24, 2.45) is 5.92 Å². The maximum Gasteiger partial charge on any atom is 0.328 e. The Kier molecular flexibility index (Phi) is 6.23. The number of esters is 1. The van der Waals surface area contributed by atoms with Crippen LogP contribution >= 0.6 is 0 Å². The molecular weight excluding hydrogens is 224 g/mol. The summed E-state index contributed by atoms with van der Waals surface area (Å²) in [5.74, 6) is -1.15. The molecule has 0 heterocycles. The first kappa shape index (κ1) is 15.4. The molecule has 0 rings (SSSR count). The van der Waals surface area contributed by atoms with Crippen molar-refractivity contribution >= 4 is 17.8 Å². The Morgan fingerprint density at radius 2 is 1.82 bits per heavy atom. The van der Waals surface area contributed by atoms with E-state index >= 15 is 0 Å². The van der Waals surface area contributed by atoms with Crippen molar-refractivity contribution in [1.29, 1.82) is 0 Å². The Bertz CT molecular complexity index is 302. The van der Waals surface area contributed by atoms with Crippen LogP contribution in [0.5, 0.6) is 0 Å². The first-order valence-corrected chi connectivity index (χ1v) is 5.38. The van der Waals surface area contributed by atoms with Crippen molar-refractivity contribution in [3.8, 4) is 0 Å². The van der Waals surface area contributed by atoms with E-state index in [-0.39, 0.29) is 24.3 Å². The minimum absolute atomic E-state index is 0.0739. The quantitative estimate of drug-likeness (QED) is 0.678. The zero-order chi connectivity index (χ0) is 13.6. The molecule has 0 fully saturated rings. The van der Waals surface area contributed by atoms with Gasteiger partial charge in [0.1, 0.15) is 6.04 Å². The number of carbonyl (C=O) groups is 3. The summed E-state index contributed by atoms with van der Waals surface area (Å²) >= 11 is 0. The molecule has 0 aliphatic carbocycles. The molecule has 0 bridgehead atoms. The summed E-state index contributed by atoms with van der Waals surface area (Å²) in [6.45, 7) is 4.90. The fourth-order valence-electron chi connectivity index (χ4n) is 1.17. The first-order valence-electron chi connectivity index (χ1n) is 5.38. The fraction of sp³-hybridized carbons (Fsp3) is 0.727. The molecule has 0 aliphatic rings. The van der Waals surface area contributed by atoms with Crippen LogP contribution in [0.2, 0.25) is 0 Å². The highest BCUT2D eigenvalue weighted by Gasteiger charge is 2.25. The summed E-state index contributed by atoms with van der Waals surface area (Å²) in [7, 11) is 2.79. The summed E-state index contributed by atoms with van der Waals surface area (Å²) in [5, 5.41) is 2.55. The lowest BCUT2D eigenvalue weighted by Gasteiger charge is -2.21. The number of hydrogen-bond donors (Lipinski definition) is 1. The predicted molar refractivity (Wildman–Crippen MR) is 62.1 cm³/mol. The number of methoxy groups -OCH3 is 1. The van der Waals surface area contributed by atoms with Gasteiger partial charge in [-0.1, -0.05) is 13.8 Å². The molecule has 17 heavy (non-hydrogen) atoms. The van der Waals surface area contributed by atoms with Gasteiger partial charge in [0.25, 0.3) is 0 Å². The summed E-state index contributed by atoms with van der Waals surface area (Å²) in [5.41, 5.74) is 0. The Labute approximate surface area is 101 Å². The minimum atomic E-state index is -0.687. The number of rotatable bonds is 5. The molecule has 0 saturated carbocycles. The third-order valence-electron chi connectivity index (χ3n) is 2.36. The van der Waals surface area contributed by atoms with Gasteiger partial charge in [0.15, 0.2) is 0 Å². The zero-order valence-corrected chi connectivity index (χ0v) is 10.9. The van der Waals surface area contributed by atoms with Crippen molar-refractivity contribution < 1.29 is 19.1 Å². The van der Waals surface area contributed by atoms with Crippen LogP contribution in [-0.4, -0.2) is 49.4 Å². The average molecular weight is 244 g/mol. The topological polar surface area (TPSA) is 75.7 Å². The Balaban J connectivity index is 4.42. The van der Waals surface area contributed by atoms with Crippen LogP contribution in [-0.2, 0) is 19.1 Å². The highest BCUT2D eigenvalue weighted by atomic mass is 16.5. The molecule has 0 aliphatic heterocycles. The van der Waals surface area contributed by atoms with Gasteiger partial charge >= 0.3 is 5.97 Å². The van der Waals surface area contributed by atoms with Crippen LogP contribution in [0.1, 0.15) is 20.8 Å². The van der Waals surface area contributed by atoms with E-state index in [0.717, 1.165) is 0 Å². The molecule has 6 nitrogen and oxygen atoms in total. The zero-order valence-electron chi connectivity index (χ0n) is 10.9. The van der Waals surface area contributed by atoms with Crippen LogP contribution in [0.4, 0.5) is 0 Å². The normalized spacial score (nSPS) is 11.9. The molecule has 0 spiro atoms. The molecule has 0 aromatic carbocycles. The molecule has 98 valence electrons. The number of carbonyl (C=O) groups excluding carboxylic acids is 3. The highest BCUT2D eigenvalue weighted by Crippen LogP contribution is 2.03. The Hall–Kier alpha value is -1.59. The standard InChI is InChI=1S/C11H20N2O4/c1-7(2)10(11(16)17-5)12-9(15)6-13(4)8(3)14/h7,10H,6H2,1-5H3,(H,12,15). The van der Waals surface area contributed by atoms with Gasteiger partial charge in [-0.2, -0.15) is 0 Å². The second kappa shape index (κ2) is 6.88. The lowest BCUT2D eigenvalue weighted by molar-refractivity contribution is -0.146. The van der Waals surface area contributed by atoms with Gasteiger partial charge in [0.05, 0.1) is 13.7 Å². The third-order valence-corrected chi connectivity index (χ3v) is 2.36. The molecule has 6 heteroatoms. The number of nitrogens with one attached hydrogen (secondary N) is 1. The van der Waals surface area contributed by atoms with Gasteiger partial charge in [-0.05, 0) is 5.92 Å². The van der Waals surface area contributed by atoms with E-state index in [1.54, 1.807) is 13.8 Å². The van der Waals surface area contributed by atoms with Crippen molar-refractivity contribution in [3.63, 3.8) is 0 Å². The molecule has 0 aromatic rings. The molecule has 1 unspecified atom stereocenters. The lowest BCUT2D eigenvalue weighted by atomic mass is 10.0. The van der Waals surface area contributed by atoms with E-state index < -0.39 is 12.0 Å². The second-order valence-corrected chi connectivity index (χ2v) is 4.19. The van der Waals surface area contributed by atoms with Crippen LogP contribution in [0, 0.1) is 5.92 Å². The molecular formula is C11H20N2O4. The van der Waals surface area contributed by atoms with E-state index in [2.05, 4.69) is 10.1 Å². The van der Waals surface area contributed by atoms with Gasteiger partial charge in [0, 0.05) is 14.0 Å². The second-order valence-electron chi connectivity index (χ2n) is 4.19. The van der Waals surface area contributed by atoms with Crippen molar-refractivity contribution in [2.45, 2.75) is 26.8 Å². The first-order chi connectivity index (χ1) is 7.79. The maximum atomic E-state index is 11.6. The largest absolute Gasteiger partial charge is 0.467 e. The molecule has 0 aromatic heterocycles. The van der Waals surface area contributed by atoms with E-state index in [1.165, 1.54) is 26.0 Å². The SMILES string of the molecule is COC(=O)C(NC(=O)CN(C)C(C)=O)C(C)C. The summed E-state index contributed by atoms with van der Waals surface area (Å²) < 4.78 is 4.59. The molecule has 0 saturated heterocycles. The number of likely N-dealkylation sites (N-methyl/N-ethyl adjacent to an activating group) is 1. The van der Waals surface area contributed by atoms with Crippen LogP contribution in [0.15, 0.2) is 0 Å². The summed E-state index contributed by atoms with van der Waals surface area (Å²) in [6, 6.07) is -0.687. The van der Waals surface area contributed by atoms with E-state index in [0.29, 0.717) is 0 Å². The molecule has 0 radical (unpaired) electrons. The van der Waals surface area contributed by atoms with E-state index in [1.807, 2.05) is 0 Å². The van der Waals surface area contributed by atoms with Crippen LogP contribution in [0.3, 0.4) is 0 Å². The molecule has 2 amide bonds. The fourth-order valence-corrected chi connectivity index (χ4v) is 1.17. The summed E-state index contributed by atoms with van der Waals surface area (Å²) in [4.78, 5) is 35.2. The number of ether oxygens (including phenoxy) is 1. The Morgan fingerprint density at radius 3 is 2.18 bits per heavy atom. The van der Waals surface area contributed by atoms with Gasteiger partial charge in [0.2, 0.25) is 11.8 Å². The Morgan fingerprint density at radius 1 is 1.29 bits per heavy atom.